The Hall–Kier alpha value is -2.71. The van der Waals surface area contributed by atoms with Gasteiger partial charge in [-0.1, -0.05) is 42.5 Å². The van der Waals surface area contributed by atoms with Crippen LogP contribution in [0.3, 0.4) is 0 Å². The van der Waals surface area contributed by atoms with Gasteiger partial charge < -0.3 is 9.47 Å². The summed E-state index contributed by atoms with van der Waals surface area (Å²) in [4.78, 5) is 25.1. The molecule has 0 saturated carbocycles. The molecule has 1 fully saturated rings. The third-order valence-corrected chi connectivity index (χ3v) is 7.45. The fourth-order valence-electron chi connectivity index (χ4n) is 4.06. The minimum atomic E-state index is -4.03. The summed E-state index contributed by atoms with van der Waals surface area (Å²) in [6, 6.07) is 15.5. The first-order valence-electron chi connectivity index (χ1n) is 10.2. The van der Waals surface area contributed by atoms with Gasteiger partial charge in [0.15, 0.2) is 0 Å². The molecule has 0 bridgehead atoms. The normalized spacial score (nSPS) is 19.5. The summed E-state index contributed by atoms with van der Waals surface area (Å²) < 4.78 is 38.4. The van der Waals surface area contributed by atoms with Gasteiger partial charge in [0.05, 0.1) is 29.6 Å². The molecule has 1 aliphatic heterocycles. The third kappa shape index (κ3) is 4.80. The molecular weight excluding hydrogens is 418 g/mol. The number of nitrogens with zero attached hydrogens (tertiary/aromatic N) is 1. The van der Waals surface area contributed by atoms with Gasteiger partial charge in [-0.25, -0.2) is 13.2 Å². The molecule has 0 spiro atoms. The van der Waals surface area contributed by atoms with Crippen LogP contribution in [0, 0.1) is 5.41 Å². The van der Waals surface area contributed by atoms with Gasteiger partial charge in [-0.3, -0.25) is 4.79 Å². The molecule has 0 amide bonds. The standard InChI is InChI=1S/C23H27NO6S/c1-3-30-22(26)23(16-18-10-5-4-6-11-18)14-9-15-24(17-23)31(27,28)20-13-8-7-12-19(20)21(25)29-2/h4-8,10-13H,3,9,14-17H2,1-2H3/t23-/m0/s1. The number of carbonyl (C=O) groups excluding carboxylic acids is 2. The number of rotatable bonds is 7. The molecule has 2 aromatic rings. The van der Waals surface area contributed by atoms with E-state index in [1.54, 1.807) is 19.1 Å². The highest BCUT2D eigenvalue weighted by Crippen LogP contribution is 2.38. The number of benzene rings is 2. The Morgan fingerprint density at radius 3 is 2.42 bits per heavy atom. The van der Waals surface area contributed by atoms with E-state index in [-0.39, 0.29) is 30.2 Å². The van der Waals surface area contributed by atoms with Gasteiger partial charge in [-0.2, -0.15) is 4.31 Å². The second-order valence-corrected chi connectivity index (χ2v) is 9.50. The maximum absolute atomic E-state index is 13.5. The van der Waals surface area contributed by atoms with Crippen LogP contribution >= 0.6 is 0 Å². The van der Waals surface area contributed by atoms with Crippen molar-refractivity contribution in [3.63, 3.8) is 0 Å². The Balaban J connectivity index is 1.99. The minimum Gasteiger partial charge on any atom is -0.466 e. The van der Waals surface area contributed by atoms with Crippen molar-refractivity contribution in [2.75, 3.05) is 26.8 Å². The predicted octanol–water partition coefficient (Wildman–Crippen LogP) is 3.05. The van der Waals surface area contributed by atoms with E-state index in [0.29, 0.717) is 19.3 Å². The van der Waals surface area contributed by atoms with E-state index >= 15 is 0 Å². The van der Waals surface area contributed by atoms with Crippen molar-refractivity contribution in [2.45, 2.75) is 31.1 Å². The minimum absolute atomic E-state index is 0.0153. The summed E-state index contributed by atoms with van der Waals surface area (Å²) >= 11 is 0. The smallest absolute Gasteiger partial charge is 0.339 e. The van der Waals surface area contributed by atoms with Crippen molar-refractivity contribution in [3.8, 4) is 0 Å². The highest BCUT2D eigenvalue weighted by Gasteiger charge is 2.47. The summed E-state index contributed by atoms with van der Waals surface area (Å²) in [6.45, 7) is 2.19. The van der Waals surface area contributed by atoms with Crippen LogP contribution in [0.15, 0.2) is 59.5 Å². The molecule has 1 saturated heterocycles. The summed E-state index contributed by atoms with van der Waals surface area (Å²) in [5, 5.41) is 0. The van der Waals surface area contributed by atoms with E-state index in [0.717, 1.165) is 5.56 Å². The van der Waals surface area contributed by atoms with Gasteiger partial charge in [-0.05, 0) is 43.9 Å². The van der Waals surface area contributed by atoms with Crippen LogP contribution in [0.25, 0.3) is 0 Å². The quantitative estimate of drug-likeness (QED) is 0.609. The van der Waals surface area contributed by atoms with Crippen LogP contribution in [0.2, 0.25) is 0 Å². The molecule has 0 aromatic heterocycles. The van der Waals surface area contributed by atoms with Gasteiger partial charge in [0, 0.05) is 13.1 Å². The molecule has 166 valence electrons. The molecule has 1 heterocycles. The van der Waals surface area contributed by atoms with E-state index in [9.17, 15) is 18.0 Å². The van der Waals surface area contributed by atoms with Crippen molar-refractivity contribution in [2.24, 2.45) is 5.41 Å². The SMILES string of the molecule is CCOC(=O)[C@]1(Cc2ccccc2)CCCN(S(=O)(=O)c2ccccc2C(=O)OC)C1. The van der Waals surface area contributed by atoms with Crippen molar-refractivity contribution >= 4 is 22.0 Å². The van der Waals surface area contributed by atoms with Crippen LogP contribution in [0.1, 0.15) is 35.7 Å². The molecule has 8 heteroatoms. The van der Waals surface area contributed by atoms with E-state index < -0.39 is 27.4 Å². The van der Waals surface area contributed by atoms with E-state index in [1.807, 2.05) is 30.3 Å². The highest BCUT2D eigenvalue weighted by molar-refractivity contribution is 7.89. The molecular formula is C23H27NO6S. The van der Waals surface area contributed by atoms with Gasteiger partial charge in [-0.15, -0.1) is 0 Å². The van der Waals surface area contributed by atoms with Crippen molar-refractivity contribution in [1.29, 1.82) is 0 Å². The first-order chi connectivity index (χ1) is 14.8. The molecule has 0 N–H and O–H groups in total. The average molecular weight is 446 g/mol. The summed E-state index contributed by atoms with van der Waals surface area (Å²) in [7, 11) is -2.83. The van der Waals surface area contributed by atoms with Crippen molar-refractivity contribution < 1.29 is 27.5 Å². The highest BCUT2D eigenvalue weighted by atomic mass is 32.2. The van der Waals surface area contributed by atoms with Crippen LogP contribution in [0.5, 0.6) is 0 Å². The van der Waals surface area contributed by atoms with Gasteiger partial charge in [0.2, 0.25) is 10.0 Å². The van der Waals surface area contributed by atoms with Crippen LogP contribution in [-0.4, -0.2) is 51.5 Å². The average Bonchev–Trinajstić information content (AvgIpc) is 2.79. The molecule has 1 atom stereocenters. The van der Waals surface area contributed by atoms with E-state index in [1.165, 1.54) is 23.5 Å². The lowest BCUT2D eigenvalue weighted by atomic mass is 9.75. The molecule has 7 nitrogen and oxygen atoms in total. The number of carbonyl (C=O) groups is 2. The topological polar surface area (TPSA) is 90.0 Å². The fraction of sp³-hybridized carbons (Fsp3) is 0.391. The van der Waals surface area contributed by atoms with E-state index in [4.69, 9.17) is 9.47 Å². The second-order valence-electron chi connectivity index (χ2n) is 7.59. The summed E-state index contributed by atoms with van der Waals surface area (Å²) in [6.07, 6.45) is 1.40. The van der Waals surface area contributed by atoms with E-state index in [2.05, 4.69) is 0 Å². The molecule has 0 aliphatic carbocycles. The molecule has 31 heavy (non-hydrogen) atoms. The van der Waals surface area contributed by atoms with Crippen LogP contribution in [-0.2, 0) is 30.7 Å². The first kappa shape index (κ1) is 23.0. The lowest BCUT2D eigenvalue weighted by Crippen LogP contribution is -2.51. The number of methoxy groups -OCH3 is 1. The molecule has 1 aliphatic rings. The maximum atomic E-state index is 13.5. The number of hydrogen-bond donors (Lipinski definition) is 0. The Kier molecular flexibility index (Phi) is 7.12. The maximum Gasteiger partial charge on any atom is 0.339 e. The van der Waals surface area contributed by atoms with Gasteiger partial charge >= 0.3 is 11.9 Å². The van der Waals surface area contributed by atoms with Gasteiger partial charge in [0.25, 0.3) is 0 Å². The number of piperidine rings is 1. The fourth-order valence-corrected chi connectivity index (χ4v) is 5.80. The zero-order chi connectivity index (χ0) is 22.5. The Bertz CT molecular complexity index is 1040. The largest absolute Gasteiger partial charge is 0.466 e. The number of esters is 2. The molecule has 0 unspecified atom stereocenters. The Morgan fingerprint density at radius 1 is 1.06 bits per heavy atom. The number of hydrogen-bond acceptors (Lipinski definition) is 6. The number of ether oxygens (including phenoxy) is 2. The second kappa shape index (κ2) is 9.62. The number of sulfonamides is 1. The summed E-state index contributed by atoms with van der Waals surface area (Å²) in [5.41, 5.74) is -0.0896. The molecule has 3 rings (SSSR count). The van der Waals surface area contributed by atoms with Crippen LogP contribution < -0.4 is 0 Å². The zero-order valence-corrected chi connectivity index (χ0v) is 18.6. The molecule has 0 radical (unpaired) electrons. The van der Waals surface area contributed by atoms with Crippen molar-refractivity contribution in [1.82, 2.24) is 4.31 Å². The Morgan fingerprint density at radius 2 is 1.74 bits per heavy atom. The summed E-state index contributed by atoms with van der Waals surface area (Å²) in [5.74, 6) is -1.13. The lowest BCUT2D eigenvalue weighted by Gasteiger charge is -2.40. The third-order valence-electron chi connectivity index (χ3n) is 5.55. The predicted molar refractivity (Wildman–Crippen MR) is 115 cm³/mol. The zero-order valence-electron chi connectivity index (χ0n) is 17.7. The lowest BCUT2D eigenvalue weighted by molar-refractivity contribution is -0.157. The van der Waals surface area contributed by atoms with Gasteiger partial charge in [0.1, 0.15) is 0 Å². The monoisotopic (exact) mass is 445 g/mol. The van der Waals surface area contributed by atoms with Crippen molar-refractivity contribution in [3.05, 3.63) is 65.7 Å². The first-order valence-corrected chi connectivity index (χ1v) is 11.7. The molecule has 2 aromatic carbocycles. The Labute approximate surface area is 183 Å². The van der Waals surface area contributed by atoms with Crippen LogP contribution in [0.4, 0.5) is 0 Å².